The van der Waals surface area contributed by atoms with E-state index in [1.165, 1.54) is 14.0 Å². The Morgan fingerprint density at radius 3 is 2.65 bits per heavy atom. The highest BCUT2D eigenvalue weighted by atomic mass is 16.7. The van der Waals surface area contributed by atoms with Gasteiger partial charge in [-0.05, 0) is 24.6 Å². The van der Waals surface area contributed by atoms with Crippen LogP contribution in [0.25, 0.3) is 0 Å². The number of aryl methyl sites for hydroxylation is 1. The third kappa shape index (κ3) is 4.59. The fourth-order valence-corrected chi connectivity index (χ4v) is 2.45. The van der Waals surface area contributed by atoms with Crippen molar-refractivity contribution < 1.29 is 28.5 Å². The molecule has 0 spiro atoms. The maximum atomic E-state index is 11.7. The van der Waals surface area contributed by atoms with Crippen LogP contribution in [0, 0.1) is 6.92 Å². The summed E-state index contributed by atoms with van der Waals surface area (Å²) in [6, 6.07) is 5.37. The van der Waals surface area contributed by atoms with Crippen molar-refractivity contribution in [3.05, 3.63) is 23.8 Å². The average molecular weight is 323 g/mol. The Bertz CT molecular complexity index is 588. The molecule has 7 nitrogen and oxygen atoms in total. The first-order valence-corrected chi connectivity index (χ1v) is 7.32. The molecule has 0 saturated carbocycles. The van der Waals surface area contributed by atoms with E-state index >= 15 is 0 Å². The predicted octanol–water partition coefficient (Wildman–Crippen LogP) is 1.57. The number of benzene rings is 1. The maximum Gasteiger partial charge on any atom is 0.335 e. The topological polar surface area (TPSA) is 97.1 Å². The van der Waals surface area contributed by atoms with Crippen LogP contribution in [-0.4, -0.2) is 37.5 Å². The summed E-state index contributed by atoms with van der Waals surface area (Å²) in [6.07, 6.45) is -1.56. The lowest BCUT2D eigenvalue weighted by Crippen LogP contribution is -2.44. The minimum absolute atomic E-state index is 0.232. The zero-order valence-corrected chi connectivity index (χ0v) is 13.4. The van der Waals surface area contributed by atoms with Crippen LogP contribution in [0.3, 0.4) is 0 Å². The van der Waals surface area contributed by atoms with Gasteiger partial charge in [-0.15, -0.1) is 0 Å². The van der Waals surface area contributed by atoms with Gasteiger partial charge in [0.2, 0.25) is 6.29 Å². The van der Waals surface area contributed by atoms with E-state index in [2.05, 4.69) is 0 Å². The summed E-state index contributed by atoms with van der Waals surface area (Å²) < 4.78 is 21.2. The molecule has 0 aromatic heterocycles. The number of hydrogen-bond donors (Lipinski definition) is 1. The Morgan fingerprint density at radius 1 is 1.30 bits per heavy atom. The van der Waals surface area contributed by atoms with Crippen LogP contribution in [0.2, 0.25) is 0 Å². The monoisotopic (exact) mass is 323 g/mol. The van der Waals surface area contributed by atoms with E-state index in [1.807, 2.05) is 13.0 Å². The lowest BCUT2D eigenvalue weighted by molar-refractivity contribution is -0.204. The molecule has 2 unspecified atom stereocenters. The molecule has 7 heteroatoms. The molecule has 2 rings (SSSR count). The quantitative estimate of drug-likeness (QED) is 0.663. The molecular weight excluding hydrogens is 302 g/mol. The number of hydrogen-bond acceptors (Lipinski definition) is 7. The van der Waals surface area contributed by atoms with E-state index in [4.69, 9.17) is 24.7 Å². The van der Waals surface area contributed by atoms with Crippen molar-refractivity contribution in [2.45, 2.75) is 45.2 Å². The molecular formula is C16H21NO6. The predicted molar refractivity (Wildman–Crippen MR) is 81.7 cm³/mol. The second kappa shape index (κ2) is 7.32. The number of nitrogens with two attached hydrogens (primary N) is 1. The number of methoxy groups -OCH3 is 1. The molecule has 126 valence electrons. The summed E-state index contributed by atoms with van der Waals surface area (Å²) in [6.45, 7) is 3.23. The van der Waals surface area contributed by atoms with E-state index in [-0.39, 0.29) is 6.42 Å². The van der Waals surface area contributed by atoms with E-state index < -0.39 is 30.4 Å². The molecule has 0 radical (unpaired) electrons. The van der Waals surface area contributed by atoms with Gasteiger partial charge in [-0.3, -0.25) is 4.79 Å². The Morgan fingerprint density at radius 2 is 2.04 bits per heavy atom. The highest BCUT2D eigenvalue weighted by molar-refractivity contribution is 5.74. The summed E-state index contributed by atoms with van der Waals surface area (Å²) in [7, 11) is 1.27. The fraction of sp³-hybridized carbons (Fsp3) is 0.500. The zero-order chi connectivity index (χ0) is 17.0. The van der Waals surface area contributed by atoms with Gasteiger partial charge in [0.15, 0.2) is 6.10 Å². The minimum Gasteiger partial charge on any atom is -0.467 e. The molecule has 23 heavy (non-hydrogen) atoms. The van der Waals surface area contributed by atoms with Gasteiger partial charge in [0.05, 0.1) is 12.8 Å². The van der Waals surface area contributed by atoms with E-state index in [9.17, 15) is 9.59 Å². The molecule has 1 aliphatic rings. The Balaban J connectivity index is 2.11. The lowest BCUT2D eigenvalue weighted by Gasteiger charge is -2.33. The minimum atomic E-state index is -0.852. The number of carbonyl (C=O) groups excluding carboxylic acids is 2. The number of nitrogen functional groups attached to an aromatic ring is 1. The molecule has 0 amide bonds. The van der Waals surface area contributed by atoms with Crippen molar-refractivity contribution in [1.82, 2.24) is 0 Å². The van der Waals surface area contributed by atoms with Gasteiger partial charge in [-0.25, -0.2) is 4.79 Å². The van der Waals surface area contributed by atoms with Crippen LogP contribution < -0.4 is 10.5 Å². The SMILES string of the molecule is COC(=O)[C@@H]1CC(OC(C)=O)CC(Oc2ccc(C)cc2N)O1. The number of ether oxygens (including phenoxy) is 4. The molecule has 1 fully saturated rings. The molecule has 2 N–H and O–H groups in total. The summed E-state index contributed by atoms with van der Waals surface area (Å²) in [5, 5.41) is 0. The molecule has 3 atom stereocenters. The van der Waals surface area contributed by atoms with Gasteiger partial charge in [0, 0.05) is 19.8 Å². The summed E-state index contributed by atoms with van der Waals surface area (Å²) in [4.78, 5) is 22.9. The second-order valence-corrected chi connectivity index (χ2v) is 5.44. The van der Waals surface area contributed by atoms with Gasteiger partial charge >= 0.3 is 11.9 Å². The first kappa shape index (κ1) is 17.1. The van der Waals surface area contributed by atoms with Crippen LogP contribution >= 0.6 is 0 Å². The Hall–Kier alpha value is -2.28. The summed E-state index contributed by atoms with van der Waals surface area (Å²) >= 11 is 0. The molecule has 0 bridgehead atoms. The van der Waals surface area contributed by atoms with Crippen LogP contribution in [0.5, 0.6) is 5.75 Å². The molecule has 1 aromatic carbocycles. The second-order valence-electron chi connectivity index (χ2n) is 5.44. The molecule has 1 aliphatic heterocycles. The Kier molecular flexibility index (Phi) is 5.44. The Labute approximate surface area is 134 Å². The third-order valence-electron chi connectivity index (χ3n) is 3.47. The van der Waals surface area contributed by atoms with E-state index in [0.29, 0.717) is 17.9 Å². The van der Waals surface area contributed by atoms with Crippen molar-refractivity contribution >= 4 is 17.6 Å². The van der Waals surface area contributed by atoms with E-state index in [0.717, 1.165) is 5.56 Å². The van der Waals surface area contributed by atoms with Gasteiger partial charge in [-0.1, -0.05) is 6.07 Å². The number of anilines is 1. The number of carbonyl (C=O) groups is 2. The molecule has 1 saturated heterocycles. The molecule has 1 heterocycles. The van der Waals surface area contributed by atoms with Gasteiger partial charge < -0.3 is 24.7 Å². The largest absolute Gasteiger partial charge is 0.467 e. The standard InChI is InChI=1S/C16H21NO6/c1-9-4-5-13(12(17)6-9)22-15-8-11(21-10(2)18)7-14(23-15)16(19)20-3/h4-6,11,14-15H,7-8,17H2,1-3H3/t11?,14-,15?/m0/s1. The van der Waals surface area contributed by atoms with Crippen molar-refractivity contribution in [2.75, 3.05) is 12.8 Å². The van der Waals surface area contributed by atoms with Gasteiger partial charge in [-0.2, -0.15) is 0 Å². The lowest BCUT2D eigenvalue weighted by atomic mass is 10.0. The van der Waals surface area contributed by atoms with E-state index in [1.54, 1.807) is 12.1 Å². The smallest absolute Gasteiger partial charge is 0.335 e. The highest BCUT2D eigenvalue weighted by Gasteiger charge is 2.37. The highest BCUT2D eigenvalue weighted by Crippen LogP contribution is 2.29. The van der Waals surface area contributed by atoms with Crippen LogP contribution in [-0.2, 0) is 23.8 Å². The summed E-state index contributed by atoms with van der Waals surface area (Å²) in [5.41, 5.74) is 7.39. The number of rotatable bonds is 4. The van der Waals surface area contributed by atoms with Crippen LogP contribution in [0.15, 0.2) is 18.2 Å². The maximum absolute atomic E-state index is 11.7. The van der Waals surface area contributed by atoms with Crippen molar-refractivity contribution in [1.29, 1.82) is 0 Å². The van der Waals surface area contributed by atoms with Crippen LogP contribution in [0.4, 0.5) is 5.69 Å². The van der Waals surface area contributed by atoms with Gasteiger partial charge in [0.25, 0.3) is 0 Å². The van der Waals surface area contributed by atoms with Crippen LogP contribution in [0.1, 0.15) is 25.3 Å². The van der Waals surface area contributed by atoms with Crippen molar-refractivity contribution in [3.8, 4) is 5.75 Å². The zero-order valence-electron chi connectivity index (χ0n) is 13.4. The summed E-state index contributed by atoms with van der Waals surface area (Å²) in [5.74, 6) is -0.505. The first-order chi connectivity index (χ1) is 10.9. The average Bonchev–Trinajstić information content (AvgIpc) is 2.48. The van der Waals surface area contributed by atoms with Gasteiger partial charge in [0.1, 0.15) is 11.9 Å². The van der Waals surface area contributed by atoms with Crippen molar-refractivity contribution in [2.24, 2.45) is 0 Å². The normalized spacial score (nSPS) is 23.9. The fourth-order valence-electron chi connectivity index (χ4n) is 2.45. The third-order valence-corrected chi connectivity index (χ3v) is 3.47. The first-order valence-electron chi connectivity index (χ1n) is 7.32. The molecule has 1 aromatic rings. The number of esters is 2. The molecule has 0 aliphatic carbocycles. The van der Waals surface area contributed by atoms with Crippen molar-refractivity contribution in [3.63, 3.8) is 0 Å².